The minimum Gasteiger partial charge on any atom is -0.465 e. The van der Waals surface area contributed by atoms with Gasteiger partial charge in [0, 0.05) is 12.5 Å². The zero-order valence-electron chi connectivity index (χ0n) is 14.4. The first-order valence-corrected chi connectivity index (χ1v) is 7.61. The number of carbonyl (C=O) groups is 2. The lowest BCUT2D eigenvalue weighted by Crippen LogP contribution is -2.40. The normalized spacial score (nSPS) is 12.9. The molecule has 4 nitrogen and oxygen atoms in total. The molecule has 0 spiro atoms. The average molecular weight is 305 g/mol. The zero-order valence-corrected chi connectivity index (χ0v) is 14.4. The summed E-state index contributed by atoms with van der Waals surface area (Å²) in [5, 5.41) is 2.99. The van der Waals surface area contributed by atoms with Gasteiger partial charge in [0.25, 0.3) is 0 Å². The first-order valence-electron chi connectivity index (χ1n) is 7.61. The minimum absolute atomic E-state index is 0.0400. The molecule has 0 saturated carbocycles. The maximum absolute atomic E-state index is 12.4. The lowest BCUT2D eigenvalue weighted by molar-refractivity contribution is -0.130. The summed E-state index contributed by atoms with van der Waals surface area (Å²) in [4.78, 5) is 23.8. The highest BCUT2D eigenvalue weighted by Gasteiger charge is 2.33. The number of esters is 1. The molecule has 0 aliphatic rings. The molecule has 1 amide bonds. The number of ether oxygens (including phenoxy) is 1. The highest BCUT2D eigenvalue weighted by Crippen LogP contribution is 2.32. The van der Waals surface area contributed by atoms with E-state index in [0.717, 1.165) is 5.56 Å². The van der Waals surface area contributed by atoms with Gasteiger partial charge in [-0.15, -0.1) is 0 Å². The smallest absolute Gasteiger partial charge is 0.337 e. The fraction of sp³-hybridized carbons (Fsp3) is 0.556. The molecule has 0 heterocycles. The van der Waals surface area contributed by atoms with Crippen LogP contribution in [-0.4, -0.2) is 19.0 Å². The average Bonchev–Trinajstić information content (AvgIpc) is 2.43. The van der Waals surface area contributed by atoms with E-state index in [-0.39, 0.29) is 29.1 Å². The van der Waals surface area contributed by atoms with Crippen molar-refractivity contribution < 1.29 is 14.3 Å². The van der Waals surface area contributed by atoms with Crippen LogP contribution >= 0.6 is 0 Å². The van der Waals surface area contributed by atoms with Crippen LogP contribution in [0.25, 0.3) is 0 Å². The van der Waals surface area contributed by atoms with E-state index in [0.29, 0.717) is 12.1 Å². The third-order valence-corrected chi connectivity index (χ3v) is 3.72. The van der Waals surface area contributed by atoms with Crippen molar-refractivity contribution >= 4 is 11.9 Å². The molecule has 22 heavy (non-hydrogen) atoms. The van der Waals surface area contributed by atoms with E-state index in [1.165, 1.54) is 7.11 Å². The fourth-order valence-electron chi connectivity index (χ4n) is 2.87. The second-order valence-electron chi connectivity index (χ2n) is 6.99. The first-order chi connectivity index (χ1) is 10.2. The van der Waals surface area contributed by atoms with Crippen molar-refractivity contribution in [2.75, 3.05) is 7.11 Å². The molecule has 1 unspecified atom stereocenters. The predicted molar refractivity (Wildman–Crippen MR) is 87.4 cm³/mol. The van der Waals surface area contributed by atoms with Crippen molar-refractivity contribution in [3.8, 4) is 0 Å². The molecule has 1 aromatic carbocycles. The molecule has 122 valence electrons. The Kier molecular flexibility index (Phi) is 6.15. The van der Waals surface area contributed by atoms with Gasteiger partial charge in [-0.25, -0.2) is 4.79 Å². The Labute approximate surface area is 133 Å². The summed E-state index contributed by atoms with van der Waals surface area (Å²) >= 11 is 0. The minimum atomic E-state index is -0.358. The van der Waals surface area contributed by atoms with Crippen LogP contribution in [0.5, 0.6) is 0 Å². The van der Waals surface area contributed by atoms with E-state index >= 15 is 0 Å². The van der Waals surface area contributed by atoms with Crippen LogP contribution < -0.4 is 5.32 Å². The molecule has 1 aromatic rings. The number of methoxy groups -OCH3 is 1. The van der Waals surface area contributed by atoms with Gasteiger partial charge in [-0.2, -0.15) is 0 Å². The number of rotatable bonds is 5. The number of nitrogens with one attached hydrogen (secondary N) is 1. The molecule has 1 N–H and O–H groups in total. The molecule has 1 rings (SSSR count). The van der Waals surface area contributed by atoms with Crippen LogP contribution in [-0.2, 0) is 16.1 Å². The Morgan fingerprint density at radius 2 is 1.68 bits per heavy atom. The highest BCUT2D eigenvalue weighted by molar-refractivity contribution is 5.89. The number of hydrogen-bond acceptors (Lipinski definition) is 3. The lowest BCUT2D eigenvalue weighted by atomic mass is 9.74. The van der Waals surface area contributed by atoms with Crippen molar-refractivity contribution in [1.82, 2.24) is 5.32 Å². The second kappa shape index (κ2) is 7.43. The molecule has 0 aliphatic carbocycles. The molecule has 0 radical (unpaired) electrons. The molecule has 0 aromatic heterocycles. The largest absolute Gasteiger partial charge is 0.465 e. The number of carbonyl (C=O) groups excluding carboxylic acids is 2. The molecule has 0 bridgehead atoms. The van der Waals surface area contributed by atoms with Crippen LogP contribution in [0, 0.1) is 17.3 Å². The summed E-state index contributed by atoms with van der Waals surface area (Å²) in [6.07, 6.45) is 0. The van der Waals surface area contributed by atoms with Crippen molar-refractivity contribution in [3.05, 3.63) is 35.4 Å². The third kappa shape index (κ3) is 4.86. The molecule has 1 atom stereocenters. The standard InChI is InChI=1S/C18H27NO3/c1-12(2)15(18(3,4)5)16(20)19-11-13-7-9-14(10-8-13)17(21)22-6/h7-10,12,15H,11H2,1-6H3,(H,19,20). The second-order valence-corrected chi connectivity index (χ2v) is 6.99. The number of amides is 1. The van der Waals surface area contributed by atoms with Gasteiger partial charge in [-0.1, -0.05) is 46.8 Å². The first kappa shape index (κ1) is 18.2. The van der Waals surface area contributed by atoms with Gasteiger partial charge < -0.3 is 10.1 Å². The van der Waals surface area contributed by atoms with Gasteiger partial charge in [-0.05, 0) is 29.0 Å². The lowest BCUT2D eigenvalue weighted by Gasteiger charge is -2.32. The molecule has 0 saturated heterocycles. The Morgan fingerprint density at radius 1 is 1.14 bits per heavy atom. The van der Waals surface area contributed by atoms with E-state index in [2.05, 4.69) is 44.7 Å². The number of benzene rings is 1. The summed E-state index contributed by atoms with van der Waals surface area (Å²) < 4.78 is 4.66. The van der Waals surface area contributed by atoms with E-state index in [9.17, 15) is 9.59 Å². The molecular formula is C18H27NO3. The zero-order chi connectivity index (χ0) is 16.9. The van der Waals surface area contributed by atoms with Crippen molar-refractivity contribution in [1.29, 1.82) is 0 Å². The van der Waals surface area contributed by atoms with Gasteiger partial charge in [0.05, 0.1) is 12.7 Å². The van der Waals surface area contributed by atoms with Crippen LogP contribution in [0.3, 0.4) is 0 Å². The summed E-state index contributed by atoms with van der Waals surface area (Å²) in [6.45, 7) is 10.9. The van der Waals surface area contributed by atoms with Crippen molar-refractivity contribution in [3.63, 3.8) is 0 Å². The number of hydrogen-bond donors (Lipinski definition) is 1. The maximum Gasteiger partial charge on any atom is 0.337 e. The SMILES string of the molecule is COC(=O)c1ccc(CNC(=O)C(C(C)C)C(C)(C)C)cc1. The van der Waals surface area contributed by atoms with E-state index in [1.54, 1.807) is 12.1 Å². The van der Waals surface area contributed by atoms with Crippen LogP contribution in [0.15, 0.2) is 24.3 Å². The molecule has 4 heteroatoms. The monoisotopic (exact) mass is 305 g/mol. The third-order valence-electron chi connectivity index (χ3n) is 3.72. The van der Waals surface area contributed by atoms with Gasteiger partial charge in [0.15, 0.2) is 0 Å². The molecular weight excluding hydrogens is 278 g/mol. The topological polar surface area (TPSA) is 55.4 Å². The van der Waals surface area contributed by atoms with E-state index < -0.39 is 0 Å². The van der Waals surface area contributed by atoms with Gasteiger partial charge in [0.1, 0.15) is 0 Å². The summed E-state index contributed by atoms with van der Waals surface area (Å²) in [6, 6.07) is 7.07. The molecule has 0 fully saturated rings. The van der Waals surface area contributed by atoms with Crippen LogP contribution in [0.2, 0.25) is 0 Å². The van der Waals surface area contributed by atoms with E-state index in [1.807, 2.05) is 12.1 Å². The predicted octanol–water partition coefficient (Wildman–Crippen LogP) is 3.41. The Hall–Kier alpha value is -1.84. The summed E-state index contributed by atoms with van der Waals surface area (Å²) in [7, 11) is 1.36. The fourth-order valence-corrected chi connectivity index (χ4v) is 2.87. The quantitative estimate of drug-likeness (QED) is 0.848. The van der Waals surface area contributed by atoms with Gasteiger partial charge in [0.2, 0.25) is 5.91 Å². The Morgan fingerprint density at radius 3 is 2.09 bits per heavy atom. The Bertz CT molecular complexity index is 512. The molecule has 0 aliphatic heterocycles. The van der Waals surface area contributed by atoms with Crippen LogP contribution in [0.4, 0.5) is 0 Å². The van der Waals surface area contributed by atoms with Gasteiger partial charge in [-0.3, -0.25) is 4.79 Å². The van der Waals surface area contributed by atoms with Crippen molar-refractivity contribution in [2.24, 2.45) is 17.3 Å². The maximum atomic E-state index is 12.4. The van der Waals surface area contributed by atoms with Gasteiger partial charge >= 0.3 is 5.97 Å². The van der Waals surface area contributed by atoms with E-state index in [4.69, 9.17) is 0 Å². The summed E-state index contributed by atoms with van der Waals surface area (Å²) in [5.74, 6) is -0.0497. The van der Waals surface area contributed by atoms with Crippen LogP contribution in [0.1, 0.15) is 50.5 Å². The van der Waals surface area contributed by atoms with Crippen molar-refractivity contribution in [2.45, 2.75) is 41.2 Å². The highest BCUT2D eigenvalue weighted by atomic mass is 16.5. The Balaban J connectivity index is 2.69. The summed E-state index contributed by atoms with van der Waals surface area (Å²) in [5.41, 5.74) is 1.39.